The molecule has 1 N–H and O–H groups in total. The van der Waals surface area contributed by atoms with Gasteiger partial charge in [-0.2, -0.15) is 0 Å². The smallest absolute Gasteiger partial charge is 0.128 e. The lowest BCUT2D eigenvalue weighted by molar-refractivity contribution is 0.485. The summed E-state index contributed by atoms with van der Waals surface area (Å²) >= 11 is 3.41. The highest BCUT2D eigenvalue weighted by molar-refractivity contribution is 9.10. The predicted molar refractivity (Wildman–Crippen MR) is 83.1 cm³/mol. The first kappa shape index (κ1) is 15.1. The van der Waals surface area contributed by atoms with E-state index in [1.165, 1.54) is 11.6 Å². The molecule has 0 amide bonds. The van der Waals surface area contributed by atoms with Crippen molar-refractivity contribution in [3.05, 3.63) is 64.1 Å². The third-order valence-corrected chi connectivity index (χ3v) is 3.72. The maximum Gasteiger partial charge on any atom is 0.128 e. The van der Waals surface area contributed by atoms with E-state index in [4.69, 9.17) is 0 Å². The van der Waals surface area contributed by atoms with E-state index in [1.807, 2.05) is 31.3 Å². The number of benzene rings is 1. The summed E-state index contributed by atoms with van der Waals surface area (Å²) in [6.07, 6.45) is 5.34. The zero-order valence-electron chi connectivity index (χ0n) is 11.4. The number of nitrogens with one attached hydrogen (secondary N) is 1. The van der Waals surface area contributed by atoms with Gasteiger partial charge in [-0.15, -0.1) is 0 Å². The number of hydrogen-bond acceptors (Lipinski definition) is 2. The molecule has 1 atom stereocenters. The molecule has 1 aromatic heterocycles. The summed E-state index contributed by atoms with van der Waals surface area (Å²) < 4.78 is 14.9. The van der Waals surface area contributed by atoms with Crippen LogP contribution in [-0.4, -0.2) is 11.5 Å². The van der Waals surface area contributed by atoms with Gasteiger partial charge in [0.1, 0.15) is 5.82 Å². The molecule has 20 heavy (non-hydrogen) atoms. The minimum absolute atomic E-state index is 0.0118. The van der Waals surface area contributed by atoms with E-state index in [0.717, 1.165) is 23.9 Å². The van der Waals surface area contributed by atoms with E-state index in [1.54, 1.807) is 12.3 Å². The molecule has 0 spiro atoms. The average molecular weight is 337 g/mol. The first-order valence-corrected chi connectivity index (χ1v) is 7.57. The monoisotopic (exact) mass is 336 g/mol. The van der Waals surface area contributed by atoms with Crippen LogP contribution < -0.4 is 5.32 Å². The maximum absolute atomic E-state index is 14.0. The third kappa shape index (κ3) is 4.12. The molecule has 0 radical (unpaired) electrons. The Kier molecular flexibility index (Phi) is 5.68. The van der Waals surface area contributed by atoms with Crippen molar-refractivity contribution in [2.75, 3.05) is 6.54 Å². The minimum Gasteiger partial charge on any atom is -0.310 e. The molecule has 1 heterocycles. The topological polar surface area (TPSA) is 24.9 Å². The van der Waals surface area contributed by atoms with E-state index >= 15 is 0 Å². The summed E-state index contributed by atoms with van der Waals surface area (Å²) in [7, 11) is 0. The molecule has 0 saturated heterocycles. The molecule has 2 aromatic rings. The highest BCUT2D eigenvalue weighted by Gasteiger charge is 2.15. The molecule has 0 bridgehead atoms. The van der Waals surface area contributed by atoms with Gasteiger partial charge in [0.2, 0.25) is 0 Å². The molecular weight excluding hydrogens is 319 g/mol. The highest BCUT2D eigenvalue weighted by atomic mass is 79.9. The molecule has 0 aliphatic rings. The van der Waals surface area contributed by atoms with Crippen molar-refractivity contribution >= 4 is 15.9 Å². The fourth-order valence-corrected chi connectivity index (χ4v) is 2.63. The van der Waals surface area contributed by atoms with Crippen LogP contribution in [-0.2, 0) is 6.42 Å². The van der Waals surface area contributed by atoms with Crippen LogP contribution in [0.1, 0.15) is 30.5 Å². The summed E-state index contributed by atoms with van der Waals surface area (Å²) in [4.78, 5) is 4.11. The van der Waals surface area contributed by atoms with Crippen LogP contribution in [0.15, 0.2) is 47.2 Å². The van der Waals surface area contributed by atoms with Crippen molar-refractivity contribution in [3.8, 4) is 0 Å². The van der Waals surface area contributed by atoms with Gasteiger partial charge in [-0.25, -0.2) is 4.39 Å². The van der Waals surface area contributed by atoms with Crippen molar-refractivity contribution in [1.82, 2.24) is 10.3 Å². The molecule has 2 rings (SSSR count). The summed E-state index contributed by atoms with van der Waals surface area (Å²) in [5.41, 5.74) is 1.89. The number of pyridine rings is 1. The standard InChI is InChI=1S/C16H18BrFN2/c1-2-20-16(8-5-12-4-3-9-19-11-12)14-10-13(17)6-7-15(14)18/h3-4,6-7,9-11,16,20H,2,5,8H2,1H3. The second-order valence-corrected chi connectivity index (χ2v) is 5.59. The number of halogens is 2. The van der Waals surface area contributed by atoms with Crippen LogP contribution in [0.25, 0.3) is 0 Å². The number of aryl methyl sites for hydroxylation is 1. The molecule has 106 valence electrons. The second kappa shape index (κ2) is 7.50. The maximum atomic E-state index is 14.0. The molecule has 1 unspecified atom stereocenters. The number of nitrogens with zero attached hydrogens (tertiary/aromatic N) is 1. The normalized spacial score (nSPS) is 12.3. The van der Waals surface area contributed by atoms with Gasteiger partial charge in [-0.05, 0) is 49.2 Å². The third-order valence-electron chi connectivity index (χ3n) is 3.23. The first-order chi connectivity index (χ1) is 9.70. The van der Waals surface area contributed by atoms with Crippen LogP contribution >= 0.6 is 15.9 Å². The van der Waals surface area contributed by atoms with Gasteiger partial charge in [0, 0.05) is 28.5 Å². The Balaban J connectivity index is 2.12. The summed E-state index contributed by atoms with van der Waals surface area (Å²) in [6, 6.07) is 9.07. The average Bonchev–Trinajstić information content (AvgIpc) is 2.47. The first-order valence-electron chi connectivity index (χ1n) is 6.78. The van der Waals surface area contributed by atoms with Crippen LogP contribution in [0.3, 0.4) is 0 Å². The lowest BCUT2D eigenvalue weighted by Gasteiger charge is -2.19. The van der Waals surface area contributed by atoms with Crippen molar-refractivity contribution in [2.45, 2.75) is 25.8 Å². The van der Waals surface area contributed by atoms with Crippen LogP contribution in [0, 0.1) is 5.82 Å². The van der Waals surface area contributed by atoms with Gasteiger partial charge in [0.25, 0.3) is 0 Å². The number of rotatable bonds is 6. The number of aromatic nitrogens is 1. The lowest BCUT2D eigenvalue weighted by Crippen LogP contribution is -2.22. The van der Waals surface area contributed by atoms with Crippen molar-refractivity contribution in [2.24, 2.45) is 0 Å². The van der Waals surface area contributed by atoms with Gasteiger partial charge < -0.3 is 5.32 Å². The fraction of sp³-hybridized carbons (Fsp3) is 0.312. The van der Waals surface area contributed by atoms with E-state index < -0.39 is 0 Å². The number of hydrogen-bond donors (Lipinski definition) is 1. The SMILES string of the molecule is CCNC(CCc1cccnc1)c1cc(Br)ccc1F. The minimum atomic E-state index is -0.162. The Morgan fingerprint density at radius 2 is 2.20 bits per heavy atom. The van der Waals surface area contributed by atoms with Crippen LogP contribution in [0.5, 0.6) is 0 Å². The van der Waals surface area contributed by atoms with Crippen molar-refractivity contribution in [3.63, 3.8) is 0 Å². The molecule has 0 saturated carbocycles. The predicted octanol–water partition coefficient (Wildman–Crippen LogP) is 4.27. The second-order valence-electron chi connectivity index (χ2n) is 4.68. The lowest BCUT2D eigenvalue weighted by atomic mass is 9.99. The Hall–Kier alpha value is -1.26. The van der Waals surface area contributed by atoms with Gasteiger partial charge in [-0.1, -0.05) is 28.9 Å². The highest BCUT2D eigenvalue weighted by Crippen LogP contribution is 2.25. The Labute approximate surface area is 127 Å². The van der Waals surface area contributed by atoms with Gasteiger partial charge in [0.15, 0.2) is 0 Å². The molecule has 0 aliphatic carbocycles. The zero-order valence-corrected chi connectivity index (χ0v) is 13.0. The van der Waals surface area contributed by atoms with Crippen molar-refractivity contribution < 1.29 is 4.39 Å². The fourth-order valence-electron chi connectivity index (χ4n) is 2.25. The Morgan fingerprint density at radius 1 is 1.35 bits per heavy atom. The van der Waals surface area contributed by atoms with E-state index in [0.29, 0.717) is 5.56 Å². The van der Waals surface area contributed by atoms with Crippen LogP contribution in [0.2, 0.25) is 0 Å². The summed E-state index contributed by atoms with van der Waals surface area (Å²) in [5, 5.41) is 3.36. The molecule has 2 nitrogen and oxygen atoms in total. The van der Waals surface area contributed by atoms with Crippen molar-refractivity contribution in [1.29, 1.82) is 0 Å². The van der Waals surface area contributed by atoms with E-state index in [-0.39, 0.29) is 11.9 Å². The zero-order chi connectivity index (χ0) is 14.4. The van der Waals surface area contributed by atoms with Gasteiger partial charge >= 0.3 is 0 Å². The molecule has 4 heteroatoms. The molecular formula is C16H18BrFN2. The Bertz CT molecular complexity index is 545. The summed E-state index contributed by atoms with van der Waals surface area (Å²) in [5.74, 6) is -0.162. The molecule has 1 aromatic carbocycles. The Morgan fingerprint density at radius 3 is 2.90 bits per heavy atom. The van der Waals surface area contributed by atoms with Gasteiger partial charge in [0.05, 0.1) is 0 Å². The summed E-state index contributed by atoms with van der Waals surface area (Å²) in [6.45, 7) is 2.84. The molecule has 0 fully saturated rings. The molecule has 0 aliphatic heterocycles. The van der Waals surface area contributed by atoms with Crippen LogP contribution in [0.4, 0.5) is 4.39 Å². The van der Waals surface area contributed by atoms with Gasteiger partial charge in [-0.3, -0.25) is 4.98 Å². The largest absolute Gasteiger partial charge is 0.310 e. The van der Waals surface area contributed by atoms with E-state index in [2.05, 4.69) is 26.2 Å². The van der Waals surface area contributed by atoms with E-state index in [9.17, 15) is 4.39 Å². The quantitative estimate of drug-likeness (QED) is 0.852.